The lowest BCUT2D eigenvalue weighted by Crippen LogP contribution is -2.29. The molecular weight excluding hydrogens is 374 g/mol. The zero-order valence-electron chi connectivity index (χ0n) is 15.2. The van der Waals surface area contributed by atoms with E-state index in [1.54, 1.807) is 24.4 Å². The number of likely N-dealkylation sites (N-methyl/N-ethyl adjacent to an activating group) is 1. The molecule has 1 saturated heterocycles. The maximum absolute atomic E-state index is 11.2. The Morgan fingerprint density at radius 2 is 2.11 bits per heavy atom. The standard InChI is InChI=1S/C21H19N3O3S/c1-2-24-19(18(23-21(24)28)15-8-3-4-11-22-15)17-10-9-16(27-17)13-6-5-7-14(12-13)20(25)26/h3-12,18-19H,2H2,1H3,(H,23,28)(H,25,26)/t18-,19+/m0/s1. The lowest BCUT2D eigenvalue weighted by Gasteiger charge is -2.24. The largest absolute Gasteiger partial charge is 0.478 e. The molecule has 0 saturated carbocycles. The van der Waals surface area contributed by atoms with Gasteiger partial charge in [-0.1, -0.05) is 18.2 Å². The predicted molar refractivity (Wildman–Crippen MR) is 109 cm³/mol. The van der Waals surface area contributed by atoms with Gasteiger partial charge in [0.1, 0.15) is 17.6 Å². The van der Waals surface area contributed by atoms with Crippen molar-refractivity contribution in [2.24, 2.45) is 0 Å². The Hall–Kier alpha value is -3.19. The molecule has 142 valence electrons. The summed E-state index contributed by atoms with van der Waals surface area (Å²) in [6.07, 6.45) is 1.76. The Balaban J connectivity index is 1.72. The van der Waals surface area contributed by atoms with Gasteiger partial charge < -0.3 is 19.7 Å². The zero-order valence-corrected chi connectivity index (χ0v) is 16.0. The molecule has 0 spiro atoms. The highest BCUT2D eigenvalue weighted by molar-refractivity contribution is 7.80. The number of furan rings is 1. The number of rotatable bonds is 5. The number of hydrogen-bond acceptors (Lipinski definition) is 4. The molecule has 2 atom stereocenters. The third-order valence-electron chi connectivity index (χ3n) is 4.85. The molecule has 3 aromatic rings. The summed E-state index contributed by atoms with van der Waals surface area (Å²) in [6.45, 7) is 2.77. The first-order valence-electron chi connectivity index (χ1n) is 9.00. The van der Waals surface area contributed by atoms with Crippen LogP contribution in [-0.4, -0.2) is 32.6 Å². The fraction of sp³-hybridized carbons (Fsp3) is 0.190. The number of benzene rings is 1. The van der Waals surface area contributed by atoms with Crippen LogP contribution < -0.4 is 5.32 Å². The van der Waals surface area contributed by atoms with Crippen LogP contribution in [0.25, 0.3) is 11.3 Å². The Labute approximate surface area is 167 Å². The molecule has 3 heterocycles. The number of nitrogens with one attached hydrogen (secondary N) is 1. The van der Waals surface area contributed by atoms with E-state index in [0.29, 0.717) is 10.9 Å². The van der Waals surface area contributed by atoms with E-state index in [-0.39, 0.29) is 17.6 Å². The fourth-order valence-electron chi connectivity index (χ4n) is 3.53. The van der Waals surface area contributed by atoms with Gasteiger partial charge in [-0.2, -0.15) is 0 Å². The highest BCUT2D eigenvalue weighted by Crippen LogP contribution is 2.40. The van der Waals surface area contributed by atoms with Gasteiger partial charge in [-0.25, -0.2) is 4.79 Å². The van der Waals surface area contributed by atoms with Crippen LogP contribution in [0.15, 0.2) is 65.2 Å². The van der Waals surface area contributed by atoms with Crippen LogP contribution in [0.1, 0.15) is 40.8 Å². The van der Waals surface area contributed by atoms with E-state index in [1.807, 2.05) is 43.3 Å². The highest BCUT2D eigenvalue weighted by atomic mass is 32.1. The number of thiocarbonyl (C=S) groups is 1. The molecule has 0 radical (unpaired) electrons. The van der Waals surface area contributed by atoms with Crippen LogP contribution in [0, 0.1) is 0 Å². The molecule has 1 aliphatic rings. The van der Waals surface area contributed by atoms with Crippen LogP contribution in [0.3, 0.4) is 0 Å². The van der Waals surface area contributed by atoms with Gasteiger partial charge in [-0.05, 0) is 55.5 Å². The minimum atomic E-state index is -0.966. The molecule has 0 aliphatic carbocycles. The summed E-state index contributed by atoms with van der Waals surface area (Å²) in [5.74, 6) is 0.402. The number of pyridine rings is 1. The molecule has 1 aromatic carbocycles. The summed E-state index contributed by atoms with van der Waals surface area (Å²) in [4.78, 5) is 17.8. The Morgan fingerprint density at radius 3 is 2.82 bits per heavy atom. The van der Waals surface area contributed by atoms with E-state index in [9.17, 15) is 9.90 Å². The summed E-state index contributed by atoms with van der Waals surface area (Å²) in [6, 6.07) is 16.0. The minimum absolute atomic E-state index is 0.127. The molecular formula is C21H19N3O3S. The fourth-order valence-corrected chi connectivity index (χ4v) is 3.90. The van der Waals surface area contributed by atoms with Gasteiger partial charge in [0.2, 0.25) is 0 Å². The maximum atomic E-state index is 11.2. The normalized spacial score (nSPS) is 18.9. The zero-order chi connectivity index (χ0) is 19.7. The van der Waals surface area contributed by atoms with Crippen LogP contribution in [0.2, 0.25) is 0 Å². The highest BCUT2D eigenvalue weighted by Gasteiger charge is 2.40. The van der Waals surface area contributed by atoms with Gasteiger partial charge in [0.05, 0.1) is 17.3 Å². The number of carboxylic acid groups (broad SMARTS) is 1. The number of hydrogen-bond donors (Lipinski definition) is 2. The van der Waals surface area contributed by atoms with E-state index >= 15 is 0 Å². The van der Waals surface area contributed by atoms with E-state index in [2.05, 4.69) is 15.2 Å². The van der Waals surface area contributed by atoms with Crippen molar-refractivity contribution in [1.29, 1.82) is 0 Å². The van der Waals surface area contributed by atoms with Crippen LogP contribution >= 0.6 is 12.2 Å². The third-order valence-corrected chi connectivity index (χ3v) is 5.20. The van der Waals surface area contributed by atoms with Crippen molar-refractivity contribution in [3.63, 3.8) is 0 Å². The van der Waals surface area contributed by atoms with Crippen molar-refractivity contribution in [2.75, 3.05) is 6.54 Å². The van der Waals surface area contributed by atoms with Crippen molar-refractivity contribution >= 4 is 23.3 Å². The van der Waals surface area contributed by atoms with Crippen LogP contribution in [-0.2, 0) is 0 Å². The summed E-state index contributed by atoms with van der Waals surface area (Å²) in [5.41, 5.74) is 1.83. The van der Waals surface area contributed by atoms with Crippen molar-refractivity contribution in [3.05, 3.63) is 77.8 Å². The molecule has 0 amide bonds. The number of carbonyl (C=O) groups is 1. The number of aromatic nitrogens is 1. The van der Waals surface area contributed by atoms with Crippen molar-refractivity contribution in [3.8, 4) is 11.3 Å². The molecule has 4 rings (SSSR count). The van der Waals surface area contributed by atoms with E-state index in [4.69, 9.17) is 16.6 Å². The Bertz CT molecular complexity index is 1020. The number of nitrogens with zero attached hydrogens (tertiary/aromatic N) is 2. The first kappa shape index (κ1) is 18.2. The van der Waals surface area contributed by atoms with Gasteiger partial charge in [-0.15, -0.1) is 0 Å². The summed E-state index contributed by atoms with van der Waals surface area (Å²) < 4.78 is 6.16. The van der Waals surface area contributed by atoms with Crippen molar-refractivity contribution in [2.45, 2.75) is 19.0 Å². The molecule has 28 heavy (non-hydrogen) atoms. The van der Waals surface area contributed by atoms with E-state index in [1.165, 1.54) is 0 Å². The van der Waals surface area contributed by atoms with Gasteiger partial charge in [0, 0.05) is 18.3 Å². The molecule has 2 N–H and O–H groups in total. The quantitative estimate of drug-likeness (QED) is 0.634. The topological polar surface area (TPSA) is 78.6 Å². The molecule has 1 fully saturated rings. The first-order chi connectivity index (χ1) is 13.6. The second kappa shape index (κ2) is 7.44. The summed E-state index contributed by atoms with van der Waals surface area (Å²) in [7, 11) is 0. The predicted octanol–water partition coefficient (Wildman–Crippen LogP) is 4.03. The van der Waals surface area contributed by atoms with Gasteiger partial charge >= 0.3 is 5.97 Å². The average Bonchev–Trinajstić information content (AvgIpc) is 3.33. The third kappa shape index (κ3) is 3.25. The first-order valence-corrected chi connectivity index (χ1v) is 9.41. The van der Waals surface area contributed by atoms with Crippen LogP contribution in [0.4, 0.5) is 0 Å². The summed E-state index contributed by atoms with van der Waals surface area (Å²) in [5, 5.41) is 13.2. The van der Waals surface area contributed by atoms with E-state index in [0.717, 1.165) is 23.6 Å². The SMILES string of the molecule is CCN1C(=S)N[C@@H](c2ccccn2)[C@H]1c1ccc(-c2cccc(C(=O)O)c2)o1. The van der Waals surface area contributed by atoms with Crippen molar-refractivity contribution < 1.29 is 14.3 Å². The Morgan fingerprint density at radius 1 is 1.25 bits per heavy atom. The minimum Gasteiger partial charge on any atom is -0.478 e. The lowest BCUT2D eigenvalue weighted by atomic mass is 10.0. The molecule has 7 heteroatoms. The second-order valence-corrected chi connectivity index (χ2v) is 6.89. The van der Waals surface area contributed by atoms with Gasteiger partial charge in [0.15, 0.2) is 5.11 Å². The Kier molecular flexibility index (Phi) is 4.83. The molecule has 6 nitrogen and oxygen atoms in total. The number of aromatic carboxylic acids is 1. The smallest absolute Gasteiger partial charge is 0.335 e. The van der Waals surface area contributed by atoms with Crippen LogP contribution in [0.5, 0.6) is 0 Å². The monoisotopic (exact) mass is 393 g/mol. The number of carboxylic acids is 1. The van der Waals surface area contributed by atoms with Gasteiger partial charge in [0.25, 0.3) is 0 Å². The molecule has 0 unspecified atom stereocenters. The molecule has 0 bridgehead atoms. The molecule has 1 aliphatic heterocycles. The maximum Gasteiger partial charge on any atom is 0.335 e. The van der Waals surface area contributed by atoms with Crippen molar-refractivity contribution in [1.82, 2.24) is 15.2 Å². The second-order valence-electron chi connectivity index (χ2n) is 6.50. The summed E-state index contributed by atoms with van der Waals surface area (Å²) >= 11 is 5.52. The van der Waals surface area contributed by atoms with E-state index < -0.39 is 5.97 Å². The molecule has 2 aromatic heterocycles. The lowest BCUT2D eigenvalue weighted by molar-refractivity contribution is 0.0697. The average molecular weight is 393 g/mol. The van der Waals surface area contributed by atoms with Gasteiger partial charge in [-0.3, -0.25) is 4.98 Å².